The zero-order chi connectivity index (χ0) is 14.8. The molecule has 2 unspecified atom stereocenters. The highest BCUT2D eigenvalue weighted by Gasteiger charge is 2.36. The number of ether oxygens (including phenoxy) is 1. The van der Waals surface area contributed by atoms with Gasteiger partial charge in [-0.3, -0.25) is 21.1 Å². The Morgan fingerprint density at radius 2 is 2.14 bits per heavy atom. The summed E-state index contributed by atoms with van der Waals surface area (Å²) in [6.45, 7) is 5.83. The minimum Gasteiger partial charge on any atom is -0.496 e. The second kappa shape index (κ2) is 6.62. The molecule has 21 heavy (non-hydrogen) atoms. The Hall–Kier alpha value is -0.660. The zero-order valence-electron chi connectivity index (χ0n) is 12.4. The van der Waals surface area contributed by atoms with Crippen LogP contribution in [0.4, 0.5) is 0 Å². The molecule has 0 radical (unpaired) electrons. The Morgan fingerprint density at radius 3 is 2.67 bits per heavy atom. The van der Waals surface area contributed by atoms with Gasteiger partial charge in [-0.1, -0.05) is 6.07 Å². The van der Waals surface area contributed by atoms with E-state index in [0.29, 0.717) is 6.04 Å². The highest BCUT2D eigenvalue weighted by molar-refractivity contribution is 9.10. The summed E-state index contributed by atoms with van der Waals surface area (Å²) >= 11 is 3.55. The van der Waals surface area contributed by atoms with Crippen molar-refractivity contribution in [2.45, 2.75) is 18.5 Å². The van der Waals surface area contributed by atoms with Crippen LogP contribution in [-0.4, -0.2) is 61.7 Å². The van der Waals surface area contributed by atoms with Crippen molar-refractivity contribution in [3.63, 3.8) is 0 Å². The third kappa shape index (κ3) is 3.24. The van der Waals surface area contributed by atoms with E-state index in [4.69, 9.17) is 10.6 Å². The molecule has 0 aliphatic carbocycles. The van der Waals surface area contributed by atoms with Crippen LogP contribution in [0.1, 0.15) is 5.56 Å². The maximum atomic E-state index is 5.85. The van der Waals surface area contributed by atoms with Gasteiger partial charge < -0.3 is 4.74 Å². The number of fused-ring (bicyclic) bond motifs is 3. The third-order valence-electron chi connectivity index (χ3n) is 4.67. The van der Waals surface area contributed by atoms with Crippen molar-refractivity contribution in [1.82, 2.24) is 15.2 Å². The first kappa shape index (κ1) is 15.2. The molecular formula is C15H23BrN4O. The minimum atomic E-state index is 0.272. The lowest BCUT2D eigenvalue weighted by Gasteiger charge is -2.50. The molecule has 0 spiro atoms. The number of nitrogens with two attached hydrogens (primary N) is 1. The lowest BCUT2D eigenvalue weighted by atomic mass is 9.95. The number of methoxy groups -OCH3 is 1. The van der Waals surface area contributed by atoms with Crippen molar-refractivity contribution in [3.8, 4) is 5.75 Å². The summed E-state index contributed by atoms with van der Waals surface area (Å²) in [4.78, 5) is 5.11. The van der Waals surface area contributed by atoms with Gasteiger partial charge in [0.05, 0.1) is 11.6 Å². The van der Waals surface area contributed by atoms with E-state index in [9.17, 15) is 0 Å². The molecule has 3 aliphatic rings. The molecule has 3 N–H and O–H groups in total. The number of nitrogens with zero attached hydrogens (tertiary/aromatic N) is 2. The topological polar surface area (TPSA) is 53.8 Å². The zero-order valence-corrected chi connectivity index (χ0v) is 14.0. The molecule has 5 nitrogen and oxygen atoms in total. The molecule has 3 fully saturated rings. The Morgan fingerprint density at radius 1 is 1.38 bits per heavy atom. The van der Waals surface area contributed by atoms with Gasteiger partial charge in [0.15, 0.2) is 0 Å². The summed E-state index contributed by atoms with van der Waals surface area (Å²) in [5, 5.41) is 0. The number of hydrazine groups is 1. The normalized spacial score (nSPS) is 29.4. The summed E-state index contributed by atoms with van der Waals surface area (Å²) < 4.78 is 6.28. The van der Waals surface area contributed by atoms with Crippen LogP contribution in [0.3, 0.4) is 0 Å². The second-order valence-corrected chi connectivity index (χ2v) is 6.70. The average molecular weight is 355 g/mol. The van der Waals surface area contributed by atoms with Gasteiger partial charge in [-0.15, -0.1) is 0 Å². The quantitative estimate of drug-likeness (QED) is 0.606. The fraction of sp³-hybridized carbons (Fsp3) is 0.600. The average Bonchev–Trinajstić information content (AvgIpc) is 2.54. The van der Waals surface area contributed by atoms with E-state index >= 15 is 0 Å². The Kier molecular flexibility index (Phi) is 4.81. The third-order valence-corrected chi connectivity index (χ3v) is 5.29. The Bertz CT molecular complexity index is 491. The highest BCUT2D eigenvalue weighted by Crippen LogP contribution is 2.27. The number of piperazine rings is 3. The van der Waals surface area contributed by atoms with Gasteiger partial charge in [0.2, 0.25) is 0 Å². The van der Waals surface area contributed by atoms with Crippen molar-refractivity contribution < 1.29 is 4.74 Å². The molecule has 3 heterocycles. The molecular weight excluding hydrogens is 332 g/mol. The molecule has 116 valence electrons. The lowest BCUT2D eigenvalue weighted by Crippen LogP contribution is -2.67. The first-order chi connectivity index (χ1) is 10.2. The molecule has 2 bridgehead atoms. The molecule has 4 rings (SSSR count). The maximum Gasteiger partial charge on any atom is 0.133 e. The first-order valence-corrected chi connectivity index (χ1v) is 8.25. The summed E-state index contributed by atoms with van der Waals surface area (Å²) in [5.74, 6) is 6.71. The predicted octanol–water partition coefficient (Wildman–Crippen LogP) is 0.832. The Balaban J connectivity index is 1.71. The van der Waals surface area contributed by atoms with Crippen LogP contribution in [0.25, 0.3) is 0 Å². The standard InChI is InChI=1S/C15H23BrN4O/c1-21-15-3-2-11(8-12(15)16)9-13(18-17)14-10-19-4-6-20(14)7-5-19/h2-3,8,13-14,18H,4-7,9-10,17H2,1H3. The van der Waals surface area contributed by atoms with E-state index < -0.39 is 0 Å². The van der Waals surface area contributed by atoms with E-state index in [1.807, 2.05) is 6.07 Å². The highest BCUT2D eigenvalue weighted by atomic mass is 79.9. The minimum absolute atomic E-state index is 0.272. The van der Waals surface area contributed by atoms with Crippen LogP contribution in [-0.2, 0) is 6.42 Å². The van der Waals surface area contributed by atoms with Gasteiger partial charge in [0, 0.05) is 44.8 Å². The van der Waals surface area contributed by atoms with E-state index in [-0.39, 0.29) is 6.04 Å². The number of hydrogen-bond donors (Lipinski definition) is 2. The molecule has 3 saturated heterocycles. The molecule has 1 aromatic carbocycles. The van der Waals surface area contributed by atoms with Crippen LogP contribution in [0.2, 0.25) is 0 Å². The predicted molar refractivity (Wildman–Crippen MR) is 87.3 cm³/mol. The molecule has 0 saturated carbocycles. The summed E-state index contributed by atoms with van der Waals surface area (Å²) in [6, 6.07) is 7.01. The number of benzene rings is 1. The summed E-state index contributed by atoms with van der Waals surface area (Å²) in [6.07, 6.45) is 0.925. The van der Waals surface area contributed by atoms with Gasteiger partial charge in [0.25, 0.3) is 0 Å². The van der Waals surface area contributed by atoms with Crippen LogP contribution in [0.5, 0.6) is 5.75 Å². The molecule has 0 amide bonds. The van der Waals surface area contributed by atoms with Gasteiger partial charge in [-0.25, -0.2) is 0 Å². The SMILES string of the molecule is COc1ccc(CC(NN)C2CN3CCN2CC3)cc1Br. The summed E-state index contributed by atoms with van der Waals surface area (Å²) in [5.41, 5.74) is 4.31. The second-order valence-electron chi connectivity index (χ2n) is 5.85. The van der Waals surface area contributed by atoms with Gasteiger partial charge >= 0.3 is 0 Å². The molecule has 3 aliphatic heterocycles. The van der Waals surface area contributed by atoms with E-state index in [2.05, 4.69) is 43.3 Å². The van der Waals surface area contributed by atoms with E-state index in [0.717, 1.165) is 36.3 Å². The fourth-order valence-corrected chi connectivity index (χ4v) is 4.02. The van der Waals surface area contributed by atoms with Crippen LogP contribution in [0, 0.1) is 0 Å². The molecule has 2 atom stereocenters. The number of halogens is 1. The fourth-order valence-electron chi connectivity index (χ4n) is 3.44. The van der Waals surface area contributed by atoms with Gasteiger partial charge in [0.1, 0.15) is 5.75 Å². The number of nitrogens with one attached hydrogen (secondary N) is 1. The van der Waals surface area contributed by atoms with E-state index in [1.54, 1.807) is 7.11 Å². The Labute approximate surface area is 134 Å². The number of rotatable bonds is 5. The van der Waals surface area contributed by atoms with Gasteiger partial charge in [-0.2, -0.15) is 0 Å². The molecule has 1 aromatic rings. The molecule has 6 heteroatoms. The largest absolute Gasteiger partial charge is 0.496 e. The molecule has 0 aromatic heterocycles. The lowest BCUT2D eigenvalue weighted by molar-refractivity contribution is -0.00315. The monoisotopic (exact) mass is 354 g/mol. The van der Waals surface area contributed by atoms with Crippen LogP contribution >= 0.6 is 15.9 Å². The van der Waals surface area contributed by atoms with Crippen molar-refractivity contribution >= 4 is 15.9 Å². The summed E-state index contributed by atoms with van der Waals surface area (Å²) in [7, 11) is 1.69. The van der Waals surface area contributed by atoms with Crippen molar-refractivity contribution in [2.24, 2.45) is 5.84 Å². The van der Waals surface area contributed by atoms with Crippen molar-refractivity contribution in [3.05, 3.63) is 28.2 Å². The smallest absolute Gasteiger partial charge is 0.133 e. The number of hydrogen-bond acceptors (Lipinski definition) is 5. The van der Waals surface area contributed by atoms with Crippen LogP contribution < -0.4 is 16.0 Å². The van der Waals surface area contributed by atoms with E-state index in [1.165, 1.54) is 18.7 Å². The van der Waals surface area contributed by atoms with Gasteiger partial charge in [-0.05, 0) is 40.0 Å². The first-order valence-electron chi connectivity index (χ1n) is 7.46. The van der Waals surface area contributed by atoms with Crippen LogP contribution in [0.15, 0.2) is 22.7 Å². The van der Waals surface area contributed by atoms with Crippen molar-refractivity contribution in [1.29, 1.82) is 0 Å². The van der Waals surface area contributed by atoms with Crippen molar-refractivity contribution in [2.75, 3.05) is 39.8 Å². The maximum absolute atomic E-state index is 5.85.